The fraction of sp³-hybridized carbons (Fsp3) is 0.350. The molecule has 144 valence electrons. The fourth-order valence-corrected chi connectivity index (χ4v) is 3.69. The van der Waals surface area contributed by atoms with Crippen LogP contribution in [0.2, 0.25) is 0 Å². The minimum atomic E-state index is -2.44. The first-order valence-corrected chi connectivity index (χ1v) is 9.77. The number of alkyl halides is 2. The molecule has 2 aromatic carbocycles. The molecule has 1 fully saturated rings. The average molecular weight is 391 g/mol. The third kappa shape index (κ3) is 5.68. The highest BCUT2D eigenvalue weighted by Crippen LogP contribution is 2.26. The molecule has 0 radical (unpaired) electrons. The fourth-order valence-electron chi connectivity index (χ4n) is 3.19. The molecule has 3 rings (SSSR count). The minimum absolute atomic E-state index is 0.0893. The maximum Gasteiger partial charge on any atom is 0.288 e. The highest BCUT2D eigenvalue weighted by molar-refractivity contribution is 7.99. The van der Waals surface area contributed by atoms with E-state index in [1.54, 1.807) is 24.3 Å². The quantitative estimate of drug-likeness (QED) is 0.753. The molecule has 0 saturated carbocycles. The topological polar surface area (TPSA) is 35.6 Å². The van der Waals surface area contributed by atoms with E-state index in [0.29, 0.717) is 28.9 Å². The van der Waals surface area contributed by atoms with Crippen LogP contribution in [0.25, 0.3) is 0 Å². The number of piperazine rings is 1. The molecular weight excluding hydrogens is 368 g/mol. The number of para-hydroxylation sites is 1. The van der Waals surface area contributed by atoms with Crippen LogP contribution in [-0.4, -0.2) is 49.3 Å². The summed E-state index contributed by atoms with van der Waals surface area (Å²) in [5.74, 6) is -2.53. The first kappa shape index (κ1) is 19.6. The Balaban J connectivity index is 1.46. The predicted molar refractivity (Wildman–Crippen MR) is 107 cm³/mol. The monoisotopic (exact) mass is 391 g/mol. The van der Waals surface area contributed by atoms with Crippen LogP contribution >= 0.6 is 11.8 Å². The number of carbonyl (C=O) groups excluding carboxylic acids is 1. The van der Waals surface area contributed by atoms with E-state index in [-0.39, 0.29) is 5.91 Å². The second-order valence-corrected chi connectivity index (χ2v) is 7.56. The maximum atomic E-state index is 12.3. The zero-order valence-electron chi connectivity index (χ0n) is 15.2. The molecule has 1 amide bonds. The number of amides is 1. The van der Waals surface area contributed by atoms with Gasteiger partial charge in [-0.05, 0) is 42.8 Å². The van der Waals surface area contributed by atoms with Crippen molar-refractivity contribution in [3.63, 3.8) is 0 Å². The van der Waals surface area contributed by atoms with Gasteiger partial charge in [0.05, 0.1) is 6.54 Å². The smallest absolute Gasteiger partial charge is 0.288 e. The molecule has 0 aliphatic carbocycles. The van der Waals surface area contributed by atoms with Crippen molar-refractivity contribution in [2.45, 2.75) is 17.6 Å². The van der Waals surface area contributed by atoms with Crippen LogP contribution in [0.5, 0.6) is 0 Å². The summed E-state index contributed by atoms with van der Waals surface area (Å²) in [7, 11) is 0. The molecule has 1 saturated heterocycles. The molecule has 0 atom stereocenters. The van der Waals surface area contributed by atoms with Gasteiger partial charge >= 0.3 is 0 Å². The van der Waals surface area contributed by atoms with Gasteiger partial charge < -0.3 is 10.2 Å². The van der Waals surface area contributed by atoms with E-state index in [0.717, 1.165) is 26.2 Å². The Labute approximate surface area is 162 Å². The average Bonchev–Trinajstić information content (AvgIpc) is 2.64. The molecule has 0 aromatic heterocycles. The summed E-state index contributed by atoms with van der Waals surface area (Å²) >= 11 is 0.495. The van der Waals surface area contributed by atoms with Gasteiger partial charge in [-0.15, -0.1) is 0 Å². The van der Waals surface area contributed by atoms with Crippen LogP contribution in [0.15, 0.2) is 53.4 Å². The Bertz CT molecular complexity index is 762. The SMILES string of the molecule is Cc1ccccc1N1CCN(CC(=O)Nc2ccc(SC(F)F)cc2)CC1. The minimum Gasteiger partial charge on any atom is -0.369 e. The number of nitrogens with one attached hydrogen (secondary N) is 1. The summed E-state index contributed by atoms with van der Waals surface area (Å²) in [5.41, 5.74) is 3.14. The molecule has 0 bridgehead atoms. The van der Waals surface area contributed by atoms with E-state index in [1.807, 2.05) is 12.1 Å². The van der Waals surface area contributed by atoms with Crippen molar-refractivity contribution in [1.29, 1.82) is 0 Å². The van der Waals surface area contributed by atoms with E-state index in [2.05, 4.69) is 34.2 Å². The van der Waals surface area contributed by atoms with Gasteiger partial charge in [0.1, 0.15) is 0 Å². The molecule has 0 spiro atoms. The Kier molecular flexibility index (Phi) is 6.68. The molecule has 27 heavy (non-hydrogen) atoms. The lowest BCUT2D eigenvalue weighted by Gasteiger charge is -2.36. The first-order chi connectivity index (χ1) is 13.0. The number of halogens is 2. The summed E-state index contributed by atoms with van der Waals surface area (Å²) in [6, 6.07) is 14.8. The highest BCUT2D eigenvalue weighted by atomic mass is 32.2. The summed E-state index contributed by atoms with van der Waals surface area (Å²) in [6.07, 6.45) is 0. The lowest BCUT2D eigenvalue weighted by Crippen LogP contribution is -2.48. The van der Waals surface area contributed by atoms with E-state index in [4.69, 9.17) is 0 Å². The Morgan fingerprint density at radius 2 is 1.74 bits per heavy atom. The van der Waals surface area contributed by atoms with Gasteiger partial charge in [-0.2, -0.15) is 8.78 Å². The zero-order valence-corrected chi connectivity index (χ0v) is 16.0. The van der Waals surface area contributed by atoms with Crippen molar-refractivity contribution in [2.24, 2.45) is 0 Å². The zero-order chi connectivity index (χ0) is 19.2. The Morgan fingerprint density at radius 1 is 1.07 bits per heavy atom. The lowest BCUT2D eigenvalue weighted by atomic mass is 10.1. The van der Waals surface area contributed by atoms with Gasteiger partial charge in [0.2, 0.25) is 5.91 Å². The molecule has 4 nitrogen and oxygen atoms in total. The summed E-state index contributed by atoms with van der Waals surface area (Å²) in [4.78, 5) is 17.2. The first-order valence-electron chi connectivity index (χ1n) is 8.89. The van der Waals surface area contributed by atoms with Crippen LogP contribution in [0, 0.1) is 6.92 Å². The molecule has 1 aliphatic heterocycles. The molecule has 1 heterocycles. The Morgan fingerprint density at radius 3 is 2.37 bits per heavy atom. The molecule has 1 aliphatic rings. The number of carbonyl (C=O) groups is 1. The third-order valence-electron chi connectivity index (χ3n) is 4.56. The van der Waals surface area contributed by atoms with Crippen molar-refractivity contribution in [3.05, 3.63) is 54.1 Å². The second kappa shape index (κ2) is 9.19. The van der Waals surface area contributed by atoms with Crippen LogP contribution in [0.4, 0.5) is 20.2 Å². The number of aryl methyl sites for hydroxylation is 1. The summed E-state index contributed by atoms with van der Waals surface area (Å²) < 4.78 is 24.7. The van der Waals surface area contributed by atoms with Gasteiger partial charge in [-0.25, -0.2) is 0 Å². The van der Waals surface area contributed by atoms with Crippen molar-refractivity contribution in [1.82, 2.24) is 4.90 Å². The standard InChI is InChI=1S/C20H23F2N3OS/c1-15-4-2-3-5-18(15)25-12-10-24(11-13-25)14-19(26)23-16-6-8-17(9-7-16)27-20(21)22/h2-9,20H,10-14H2,1H3,(H,23,26). The molecule has 1 N–H and O–H groups in total. The van der Waals surface area contributed by atoms with Gasteiger partial charge in [0.25, 0.3) is 5.76 Å². The largest absolute Gasteiger partial charge is 0.369 e. The Hall–Kier alpha value is -2.12. The number of rotatable bonds is 6. The number of benzene rings is 2. The van der Waals surface area contributed by atoms with Gasteiger partial charge in [0, 0.05) is 42.4 Å². The van der Waals surface area contributed by atoms with Gasteiger partial charge in [-0.3, -0.25) is 9.69 Å². The molecule has 7 heteroatoms. The third-order valence-corrected chi connectivity index (χ3v) is 5.28. The number of nitrogens with zero attached hydrogens (tertiary/aromatic N) is 2. The predicted octanol–water partition coefficient (Wildman–Crippen LogP) is 4.07. The van der Waals surface area contributed by atoms with Crippen molar-refractivity contribution >= 4 is 29.0 Å². The summed E-state index contributed by atoms with van der Waals surface area (Å²) in [5, 5.41) is 2.83. The van der Waals surface area contributed by atoms with Crippen LogP contribution < -0.4 is 10.2 Å². The van der Waals surface area contributed by atoms with E-state index in [9.17, 15) is 13.6 Å². The van der Waals surface area contributed by atoms with Crippen molar-refractivity contribution in [2.75, 3.05) is 42.9 Å². The van der Waals surface area contributed by atoms with E-state index in [1.165, 1.54) is 11.3 Å². The number of thioether (sulfide) groups is 1. The summed E-state index contributed by atoms with van der Waals surface area (Å²) in [6.45, 7) is 5.86. The van der Waals surface area contributed by atoms with Crippen LogP contribution in [0.1, 0.15) is 5.56 Å². The second-order valence-electron chi connectivity index (χ2n) is 6.50. The number of hydrogen-bond donors (Lipinski definition) is 1. The lowest BCUT2D eigenvalue weighted by molar-refractivity contribution is -0.117. The van der Waals surface area contributed by atoms with E-state index >= 15 is 0 Å². The molecule has 2 aromatic rings. The normalized spacial score (nSPS) is 15.2. The van der Waals surface area contributed by atoms with Crippen molar-refractivity contribution in [3.8, 4) is 0 Å². The van der Waals surface area contributed by atoms with Crippen LogP contribution in [-0.2, 0) is 4.79 Å². The van der Waals surface area contributed by atoms with Crippen LogP contribution in [0.3, 0.4) is 0 Å². The van der Waals surface area contributed by atoms with Gasteiger partial charge in [0.15, 0.2) is 0 Å². The maximum absolute atomic E-state index is 12.3. The number of anilines is 2. The molecular formula is C20H23F2N3OS. The van der Waals surface area contributed by atoms with Crippen molar-refractivity contribution < 1.29 is 13.6 Å². The van der Waals surface area contributed by atoms with E-state index < -0.39 is 5.76 Å². The number of hydrogen-bond acceptors (Lipinski definition) is 4. The highest BCUT2D eigenvalue weighted by Gasteiger charge is 2.20. The molecule has 0 unspecified atom stereocenters. The van der Waals surface area contributed by atoms with Gasteiger partial charge in [-0.1, -0.05) is 30.0 Å².